The maximum Gasteiger partial charge on any atom is 0.435 e. The number of hydrogen-bond acceptors (Lipinski definition) is 4. The number of anilines is 1. The lowest BCUT2D eigenvalue weighted by Gasteiger charge is -2.29. The van der Waals surface area contributed by atoms with E-state index in [4.69, 9.17) is 11.6 Å². The van der Waals surface area contributed by atoms with E-state index >= 15 is 0 Å². The zero-order chi connectivity index (χ0) is 21.6. The Morgan fingerprint density at radius 1 is 1.07 bits per heavy atom. The quantitative estimate of drug-likeness (QED) is 0.552. The van der Waals surface area contributed by atoms with Crippen LogP contribution in [0.2, 0.25) is 5.02 Å². The Morgan fingerprint density at radius 2 is 1.69 bits per heavy atom. The van der Waals surface area contributed by atoms with Gasteiger partial charge in [-0.1, -0.05) is 29.8 Å². The molecule has 7 nitrogen and oxygen atoms in total. The molecule has 1 aliphatic heterocycles. The predicted molar refractivity (Wildman–Crippen MR) is 93.0 cm³/mol. The summed E-state index contributed by atoms with van der Waals surface area (Å²) in [6.45, 7) is 0. The molecule has 1 unspecified atom stereocenters. The van der Waals surface area contributed by atoms with Crippen molar-refractivity contribution in [1.29, 1.82) is 0 Å². The standard InChI is InChI=1S/C16H10ClF4N3O4S/c17-11-8-9(6-7-12(11)18)24-13(25)15(16(19,20)21,22-14(24)26)23-29(27,28)10-4-2-1-3-5-10/h1-8,23H,(H,22,26). The van der Waals surface area contributed by atoms with Crippen LogP contribution in [-0.4, -0.2) is 32.2 Å². The summed E-state index contributed by atoms with van der Waals surface area (Å²) in [4.78, 5) is 24.3. The number of hydrogen-bond donors (Lipinski definition) is 2. The fraction of sp³-hybridized carbons (Fsp3) is 0.125. The fourth-order valence-electron chi connectivity index (χ4n) is 2.57. The molecule has 2 aromatic carbocycles. The van der Waals surface area contributed by atoms with Gasteiger partial charge in [0.05, 0.1) is 15.6 Å². The van der Waals surface area contributed by atoms with Crippen LogP contribution in [0.5, 0.6) is 0 Å². The maximum atomic E-state index is 13.8. The zero-order valence-corrected chi connectivity index (χ0v) is 15.6. The summed E-state index contributed by atoms with van der Waals surface area (Å²) in [5, 5.41) is 0.793. The topological polar surface area (TPSA) is 95.6 Å². The molecule has 2 N–H and O–H groups in total. The highest BCUT2D eigenvalue weighted by molar-refractivity contribution is 7.89. The van der Waals surface area contributed by atoms with Crippen LogP contribution in [0.4, 0.5) is 28.0 Å². The first-order chi connectivity index (χ1) is 13.4. The minimum Gasteiger partial charge on any atom is -0.302 e. The third kappa shape index (κ3) is 3.54. The molecule has 0 saturated carbocycles. The predicted octanol–water partition coefficient (Wildman–Crippen LogP) is 2.77. The smallest absolute Gasteiger partial charge is 0.302 e. The van der Waals surface area contributed by atoms with Gasteiger partial charge in [0.15, 0.2) is 0 Å². The molecule has 0 radical (unpaired) electrons. The molecule has 0 aliphatic carbocycles. The first-order valence-corrected chi connectivity index (χ1v) is 9.53. The molecule has 1 saturated heterocycles. The van der Waals surface area contributed by atoms with E-state index in [0.29, 0.717) is 0 Å². The van der Waals surface area contributed by atoms with Gasteiger partial charge in [-0.2, -0.15) is 17.9 Å². The van der Waals surface area contributed by atoms with Crippen molar-refractivity contribution in [2.45, 2.75) is 16.7 Å². The van der Waals surface area contributed by atoms with Gasteiger partial charge in [-0.05, 0) is 30.3 Å². The molecule has 1 heterocycles. The lowest BCUT2D eigenvalue weighted by Crippen LogP contribution is -2.69. The molecule has 1 fully saturated rings. The molecular formula is C16H10ClF4N3O4S. The fourth-order valence-corrected chi connectivity index (χ4v) is 4.03. The highest BCUT2D eigenvalue weighted by atomic mass is 35.5. The van der Waals surface area contributed by atoms with Crippen molar-refractivity contribution in [2.24, 2.45) is 0 Å². The second kappa shape index (κ2) is 6.97. The number of nitrogens with zero attached hydrogens (tertiary/aromatic N) is 1. The second-order valence-electron chi connectivity index (χ2n) is 5.84. The van der Waals surface area contributed by atoms with E-state index in [1.54, 1.807) is 0 Å². The van der Waals surface area contributed by atoms with E-state index in [2.05, 4.69) is 0 Å². The number of imide groups is 1. The first kappa shape index (κ1) is 21.0. The molecule has 1 atom stereocenters. The lowest BCUT2D eigenvalue weighted by atomic mass is 10.1. The third-order valence-electron chi connectivity index (χ3n) is 3.95. The zero-order valence-electron chi connectivity index (χ0n) is 14.0. The number of alkyl halides is 3. The summed E-state index contributed by atoms with van der Waals surface area (Å²) in [7, 11) is -4.88. The normalized spacial score (nSPS) is 20.1. The Labute approximate surface area is 166 Å². The van der Waals surface area contributed by atoms with Crippen molar-refractivity contribution in [3.8, 4) is 0 Å². The highest BCUT2D eigenvalue weighted by Gasteiger charge is 2.69. The summed E-state index contributed by atoms with van der Waals surface area (Å²) in [6, 6.07) is 6.72. The minimum atomic E-state index is -5.56. The van der Waals surface area contributed by atoms with Crippen LogP contribution in [0.25, 0.3) is 0 Å². The van der Waals surface area contributed by atoms with Gasteiger partial charge in [-0.3, -0.25) is 4.79 Å². The molecule has 3 amide bonds. The van der Waals surface area contributed by atoms with Crippen LogP contribution in [0.3, 0.4) is 0 Å². The van der Waals surface area contributed by atoms with Crippen LogP contribution in [0, 0.1) is 5.82 Å². The first-order valence-electron chi connectivity index (χ1n) is 7.66. The summed E-state index contributed by atoms with van der Waals surface area (Å²) in [6.07, 6.45) is -5.56. The minimum absolute atomic E-state index is 0.0202. The van der Waals surface area contributed by atoms with Crippen molar-refractivity contribution in [2.75, 3.05) is 4.90 Å². The number of halogens is 5. The van der Waals surface area contributed by atoms with E-state index in [1.807, 2.05) is 0 Å². The van der Waals surface area contributed by atoms with Crippen LogP contribution < -0.4 is 14.9 Å². The van der Waals surface area contributed by atoms with Crippen LogP contribution in [0.15, 0.2) is 53.4 Å². The van der Waals surface area contributed by atoms with Crippen molar-refractivity contribution in [3.63, 3.8) is 0 Å². The number of carbonyl (C=O) groups is 2. The lowest BCUT2D eigenvalue weighted by molar-refractivity contribution is -0.194. The molecule has 0 spiro atoms. The number of urea groups is 1. The van der Waals surface area contributed by atoms with Gasteiger partial charge in [0, 0.05) is 0 Å². The number of rotatable bonds is 4. The van der Waals surface area contributed by atoms with Gasteiger partial charge in [0.1, 0.15) is 5.82 Å². The Balaban J connectivity index is 2.09. The Kier molecular flexibility index (Phi) is 5.05. The van der Waals surface area contributed by atoms with E-state index in [0.717, 1.165) is 30.3 Å². The molecule has 154 valence electrons. The average molecular weight is 452 g/mol. The Hall–Kier alpha value is -2.70. The number of carbonyl (C=O) groups excluding carboxylic acids is 2. The van der Waals surface area contributed by atoms with Gasteiger partial charge < -0.3 is 5.32 Å². The van der Waals surface area contributed by atoms with E-state index in [-0.39, 0.29) is 4.90 Å². The monoisotopic (exact) mass is 451 g/mol. The van der Waals surface area contributed by atoms with Gasteiger partial charge in [0.2, 0.25) is 10.0 Å². The summed E-state index contributed by atoms with van der Waals surface area (Å²) < 4.78 is 81.0. The molecule has 0 bridgehead atoms. The average Bonchev–Trinajstić information content (AvgIpc) is 2.88. The van der Waals surface area contributed by atoms with Crippen molar-refractivity contribution in [1.82, 2.24) is 10.0 Å². The number of nitrogens with one attached hydrogen (secondary N) is 2. The Bertz CT molecular complexity index is 1100. The van der Waals surface area contributed by atoms with Gasteiger partial charge >= 0.3 is 12.2 Å². The van der Waals surface area contributed by atoms with Crippen molar-refractivity contribution < 1.29 is 35.6 Å². The third-order valence-corrected chi connectivity index (χ3v) is 5.71. The van der Waals surface area contributed by atoms with Gasteiger partial charge in [-0.25, -0.2) is 22.5 Å². The van der Waals surface area contributed by atoms with Gasteiger partial charge in [0.25, 0.3) is 11.6 Å². The molecule has 13 heteroatoms. The molecule has 1 aliphatic rings. The molecule has 29 heavy (non-hydrogen) atoms. The van der Waals surface area contributed by atoms with Crippen LogP contribution in [0.1, 0.15) is 0 Å². The van der Waals surface area contributed by atoms with Crippen LogP contribution in [-0.2, 0) is 14.8 Å². The molecule has 3 rings (SSSR count). The second-order valence-corrected chi connectivity index (χ2v) is 7.93. The molecular weight excluding hydrogens is 442 g/mol. The Morgan fingerprint density at radius 3 is 2.24 bits per heavy atom. The summed E-state index contributed by atoms with van der Waals surface area (Å²) in [5.41, 5.74) is -4.46. The van der Waals surface area contributed by atoms with E-state index < -0.39 is 55.2 Å². The van der Waals surface area contributed by atoms with Gasteiger partial charge in [-0.15, -0.1) is 0 Å². The van der Waals surface area contributed by atoms with E-state index in [1.165, 1.54) is 28.2 Å². The summed E-state index contributed by atoms with van der Waals surface area (Å²) >= 11 is 5.56. The van der Waals surface area contributed by atoms with Crippen molar-refractivity contribution in [3.05, 3.63) is 59.4 Å². The van der Waals surface area contributed by atoms with Crippen LogP contribution >= 0.6 is 11.6 Å². The number of amides is 3. The number of benzene rings is 2. The molecule has 2 aromatic rings. The molecule has 0 aromatic heterocycles. The summed E-state index contributed by atoms with van der Waals surface area (Å²) in [5.74, 6) is -2.91. The van der Waals surface area contributed by atoms with Crippen molar-refractivity contribution >= 4 is 39.2 Å². The highest BCUT2D eigenvalue weighted by Crippen LogP contribution is 2.37. The SMILES string of the molecule is O=C1NC(NS(=O)(=O)c2ccccc2)(C(F)(F)F)C(=O)N1c1ccc(F)c(Cl)c1. The number of sulfonamides is 1. The largest absolute Gasteiger partial charge is 0.435 e. The maximum absolute atomic E-state index is 13.8. The van der Waals surface area contributed by atoms with E-state index in [9.17, 15) is 35.6 Å².